The number of nitrogens with zero attached hydrogens (tertiary/aromatic N) is 1. The SMILES string of the molecule is CCN(Cc1cc(C(F)(F)F)ccc1Br)C(=O)OCc1ccc(F)cc1. The zero-order chi connectivity index (χ0) is 19.3. The highest BCUT2D eigenvalue weighted by Gasteiger charge is 2.31. The van der Waals surface area contributed by atoms with Crippen molar-refractivity contribution in [2.45, 2.75) is 26.3 Å². The van der Waals surface area contributed by atoms with Gasteiger partial charge in [-0.1, -0.05) is 28.1 Å². The van der Waals surface area contributed by atoms with E-state index in [0.717, 1.165) is 12.1 Å². The van der Waals surface area contributed by atoms with Crippen LogP contribution in [-0.2, 0) is 24.1 Å². The minimum atomic E-state index is -4.46. The Labute approximate surface area is 156 Å². The van der Waals surface area contributed by atoms with Crippen molar-refractivity contribution in [1.82, 2.24) is 4.90 Å². The molecule has 0 fully saturated rings. The summed E-state index contributed by atoms with van der Waals surface area (Å²) in [5.74, 6) is -0.398. The van der Waals surface area contributed by atoms with E-state index in [4.69, 9.17) is 4.74 Å². The summed E-state index contributed by atoms with van der Waals surface area (Å²) in [4.78, 5) is 13.5. The molecule has 0 bridgehead atoms. The largest absolute Gasteiger partial charge is 0.445 e. The topological polar surface area (TPSA) is 29.5 Å². The third-order valence-corrected chi connectivity index (χ3v) is 4.42. The summed E-state index contributed by atoms with van der Waals surface area (Å²) < 4.78 is 57.1. The Hall–Kier alpha value is -2.09. The van der Waals surface area contributed by atoms with Gasteiger partial charge in [-0.3, -0.25) is 0 Å². The highest BCUT2D eigenvalue weighted by atomic mass is 79.9. The summed E-state index contributed by atoms with van der Waals surface area (Å²) in [5.41, 5.74) is 0.142. The number of benzene rings is 2. The molecule has 3 nitrogen and oxygen atoms in total. The van der Waals surface area contributed by atoms with E-state index in [0.29, 0.717) is 15.6 Å². The molecule has 0 saturated carbocycles. The van der Waals surface area contributed by atoms with Crippen molar-refractivity contribution in [1.29, 1.82) is 0 Å². The standard InChI is InChI=1S/C18H16BrF4NO2/c1-2-24(17(25)26-11-12-3-6-15(20)7-4-12)10-13-9-14(18(21,22)23)5-8-16(13)19/h3-9H,2,10-11H2,1H3. The average molecular weight is 434 g/mol. The molecule has 0 aliphatic carbocycles. The van der Waals surface area contributed by atoms with Gasteiger partial charge in [0.1, 0.15) is 12.4 Å². The number of ether oxygens (including phenoxy) is 1. The first kappa shape index (κ1) is 20.2. The van der Waals surface area contributed by atoms with Crippen LogP contribution in [0.3, 0.4) is 0 Å². The van der Waals surface area contributed by atoms with Crippen LogP contribution < -0.4 is 0 Å². The van der Waals surface area contributed by atoms with Gasteiger partial charge in [0.2, 0.25) is 0 Å². The van der Waals surface area contributed by atoms with Gasteiger partial charge in [0.15, 0.2) is 0 Å². The molecule has 0 unspecified atom stereocenters. The fraction of sp³-hybridized carbons (Fsp3) is 0.278. The Kier molecular flexibility index (Phi) is 6.63. The fourth-order valence-corrected chi connectivity index (χ4v) is 2.57. The van der Waals surface area contributed by atoms with E-state index in [2.05, 4.69) is 15.9 Å². The molecule has 26 heavy (non-hydrogen) atoms. The zero-order valence-electron chi connectivity index (χ0n) is 13.8. The average Bonchev–Trinajstić information content (AvgIpc) is 2.59. The molecule has 2 aromatic carbocycles. The Morgan fingerprint density at radius 1 is 1.15 bits per heavy atom. The Bertz CT molecular complexity index is 763. The van der Waals surface area contributed by atoms with Gasteiger partial charge in [0, 0.05) is 11.0 Å². The van der Waals surface area contributed by atoms with Gasteiger partial charge in [-0.2, -0.15) is 13.2 Å². The van der Waals surface area contributed by atoms with Gasteiger partial charge in [0.05, 0.1) is 12.1 Å². The second-order valence-electron chi connectivity index (χ2n) is 5.50. The van der Waals surface area contributed by atoms with E-state index in [-0.39, 0.29) is 19.7 Å². The molecule has 0 aliphatic heterocycles. The van der Waals surface area contributed by atoms with Gasteiger partial charge in [-0.25, -0.2) is 9.18 Å². The first-order chi connectivity index (χ1) is 12.2. The summed E-state index contributed by atoms with van der Waals surface area (Å²) in [5, 5.41) is 0. The monoisotopic (exact) mass is 433 g/mol. The molecule has 0 spiro atoms. The third-order valence-electron chi connectivity index (χ3n) is 3.65. The molecule has 1 amide bonds. The van der Waals surface area contributed by atoms with Crippen LogP contribution in [0.25, 0.3) is 0 Å². The number of carbonyl (C=O) groups excluding carboxylic acids is 1. The van der Waals surface area contributed by atoms with Crippen molar-refractivity contribution < 1.29 is 27.1 Å². The molecule has 0 N–H and O–H groups in total. The first-order valence-electron chi connectivity index (χ1n) is 7.72. The summed E-state index contributed by atoms with van der Waals surface area (Å²) in [7, 11) is 0. The van der Waals surface area contributed by atoms with E-state index in [1.165, 1.54) is 35.2 Å². The van der Waals surface area contributed by atoms with Crippen LogP contribution in [0.15, 0.2) is 46.9 Å². The van der Waals surface area contributed by atoms with Crippen LogP contribution in [0.2, 0.25) is 0 Å². The van der Waals surface area contributed by atoms with Gasteiger partial charge in [-0.15, -0.1) is 0 Å². The van der Waals surface area contributed by atoms with Crippen molar-refractivity contribution in [2.75, 3.05) is 6.54 Å². The van der Waals surface area contributed by atoms with E-state index in [1.807, 2.05) is 0 Å². The van der Waals surface area contributed by atoms with Gasteiger partial charge < -0.3 is 9.64 Å². The second kappa shape index (κ2) is 8.53. The van der Waals surface area contributed by atoms with E-state index < -0.39 is 23.7 Å². The number of carbonyl (C=O) groups is 1. The molecule has 2 rings (SSSR count). The maximum Gasteiger partial charge on any atom is 0.416 e. The Balaban J connectivity index is 2.06. The van der Waals surface area contributed by atoms with Gasteiger partial charge >= 0.3 is 12.3 Å². The minimum absolute atomic E-state index is 0.0384. The van der Waals surface area contributed by atoms with Crippen LogP contribution in [0.5, 0.6) is 0 Å². The van der Waals surface area contributed by atoms with Crippen LogP contribution in [0.4, 0.5) is 22.4 Å². The first-order valence-corrected chi connectivity index (χ1v) is 8.51. The number of hydrogen-bond donors (Lipinski definition) is 0. The molecule has 0 aliphatic rings. The number of alkyl halides is 3. The Morgan fingerprint density at radius 2 is 1.81 bits per heavy atom. The molecule has 2 aromatic rings. The maximum absolute atomic E-state index is 12.9. The minimum Gasteiger partial charge on any atom is -0.445 e. The number of rotatable bonds is 5. The van der Waals surface area contributed by atoms with Gasteiger partial charge in [-0.05, 0) is 48.4 Å². The molecular formula is C18H16BrF4NO2. The molecule has 0 radical (unpaired) electrons. The third kappa shape index (κ3) is 5.45. The summed E-state index contributed by atoms with van der Waals surface area (Å²) >= 11 is 3.20. The highest BCUT2D eigenvalue weighted by Crippen LogP contribution is 2.32. The molecule has 0 saturated heterocycles. The predicted octanol–water partition coefficient (Wildman–Crippen LogP) is 5.77. The molecule has 8 heteroatoms. The predicted molar refractivity (Wildman–Crippen MR) is 91.8 cm³/mol. The molecular weight excluding hydrogens is 418 g/mol. The summed E-state index contributed by atoms with van der Waals surface area (Å²) in [6.45, 7) is 1.86. The van der Waals surface area contributed by atoms with E-state index in [9.17, 15) is 22.4 Å². The zero-order valence-corrected chi connectivity index (χ0v) is 15.4. The van der Waals surface area contributed by atoms with Crippen molar-refractivity contribution in [3.05, 3.63) is 69.4 Å². The normalized spacial score (nSPS) is 11.3. The van der Waals surface area contributed by atoms with Crippen molar-refractivity contribution >= 4 is 22.0 Å². The smallest absolute Gasteiger partial charge is 0.416 e. The van der Waals surface area contributed by atoms with Crippen molar-refractivity contribution in [2.24, 2.45) is 0 Å². The Morgan fingerprint density at radius 3 is 2.38 bits per heavy atom. The number of amides is 1. The lowest BCUT2D eigenvalue weighted by Gasteiger charge is -2.22. The number of halogens is 5. The van der Waals surface area contributed by atoms with Crippen molar-refractivity contribution in [3.8, 4) is 0 Å². The molecule has 140 valence electrons. The lowest BCUT2D eigenvalue weighted by atomic mass is 10.1. The van der Waals surface area contributed by atoms with Gasteiger partial charge in [0.25, 0.3) is 0 Å². The highest BCUT2D eigenvalue weighted by molar-refractivity contribution is 9.10. The van der Waals surface area contributed by atoms with Crippen molar-refractivity contribution in [3.63, 3.8) is 0 Å². The summed E-state index contributed by atoms with van der Waals surface area (Å²) in [6, 6.07) is 8.75. The molecule has 0 heterocycles. The van der Waals surface area contributed by atoms with E-state index in [1.54, 1.807) is 6.92 Å². The lowest BCUT2D eigenvalue weighted by molar-refractivity contribution is -0.137. The molecule has 0 atom stereocenters. The maximum atomic E-state index is 12.9. The fourth-order valence-electron chi connectivity index (χ4n) is 2.20. The van der Waals surface area contributed by atoms with Crippen LogP contribution in [-0.4, -0.2) is 17.5 Å². The second-order valence-corrected chi connectivity index (χ2v) is 6.35. The van der Waals surface area contributed by atoms with E-state index >= 15 is 0 Å². The quantitative estimate of drug-likeness (QED) is 0.560. The summed E-state index contributed by atoms with van der Waals surface area (Å²) in [6.07, 6.45) is -5.13. The van der Waals surface area contributed by atoms with Crippen LogP contribution in [0.1, 0.15) is 23.6 Å². The van der Waals surface area contributed by atoms with Crippen LogP contribution >= 0.6 is 15.9 Å². The number of hydrogen-bond acceptors (Lipinski definition) is 2. The lowest BCUT2D eigenvalue weighted by Crippen LogP contribution is -2.31. The molecule has 0 aromatic heterocycles. The van der Waals surface area contributed by atoms with Crippen LogP contribution in [0, 0.1) is 5.82 Å².